The summed E-state index contributed by atoms with van der Waals surface area (Å²) in [5.74, 6) is 0. The van der Waals surface area contributed by atoms with Gasteiger partial charge in [-0.1, -0.05) is 48.5 Å². The van der Waals surface area contributed by atoms with Gasteiger partial charge in [-0.3, -0.25) is 9.97 Å². The van der Waals surface area contributed by atoms with Crippen LogP contribution in [-0.4, -0.2) is 19.9 Å². The fourth-order valence-corrected chi connectivity index (χ4v) is 5.31. The number of rotatable bonds is 0. The van der Waals surface area contributed by atoms with Gasteiger partial charge in [0.05, 0.1) is 33.1 Å². The van der Waals surface area contributed by atoms with Gasteiger partial charge >= 0.3 is 0 Å². The highest BCUT2D eigenvalue weighted by atomic mass is 14.8. The summed E-state index contributed by atoms with van der Waals surface area (Å²) in [4.78, 5) is 19.8. The first-order valence-electron chi connectivity index (χ1n) is 10.7. The van der Waals surface area contributed by atoms with E-state index in [9.17, 15) is 0 Å². The van der Waals surface area contributed by atoms with E-state index in [0.29, 0.717) is 0 Å². The number of benzene rings is 5. The molecule has 32 heavy (non-hydrogen) atoms. The molecule has 0 aliphatic heterocycles. The fourth-order valence-electron chi connectivity index (χ4n) is 5.31. The van der Waals surface area contributed by atoms with Gasteiger partial charge < -0.3 is 0 Å². The zero-order chi connectivity index (χ0) is 20.8. The van der Waals surface area contributed by atoms with E-state index >= 15 is 0 Å². The summed E-state index contributed by atoms with van der Waals surface area (Å²) in [5, 5.41) is 9.20. The molecule has 0 fully saturated rings. The lowest BCUT2D eigenvalue weighted by Crippen LogP contribution is -1.96. The molecule has 0 unspecified atom stereocenters. The average Bonchev–Trinajstić information content (AvgIpc) is 2.87. The number of pyridine rings is 2. The van der Waals surface area contributed by atoms with Crippen LogP contribution < -0.4 is 0 Å². The minimum atomic E-state index is 0.862. The molecular formula is C28H14N4. The summed E-state index contributed by atoms with van der Waals surface area (Å²) in [6.07, 6.45) is 3.62. The van der Waals surface area contributed by atoms with Crippen molar-refractivity contribution in [2.75, 3.05) is 0 Å². The molecule has 0 atom stereocenters. The molecule has 0 N–H and O–H groups in total. The van der Waals surface area contributed by atoms with Crippen LogP contribution in [0.15, 0.2) is 85.2 Å². The monoisotopic (exact) mass is 406 g/mol. The zero-order valence-electron chi connectivity index (χ0n) is 16.9. The maximum atomic E-state index is 5.27. The van der Waals surface area contributed by atoms with Gasteiger partial charge in [0.1, 0.15) is 0 Å². The molecule has 3 heterocycles. The molecule has 146 valence electrons. The second kappa shape index (κ2) is 5.62. The van der Waals surface area contributed by atoms with Gasteiger partial charge in [0, 0.05) is 33.9 Å². The van der Waals surface area contributed by atoms with Gasteiger partial charge in [0.15, 0.2) is 0 Å². The van der Waals surface area contributed by atoms with Crippen LogP contribution in [0.2, 0.25) is 0 Å². The van der Waals surface area contributed by atoms with Crippen molar-refractivity contribution in [1.29, 1.82) is 0 Å². The lowest BCUT2D eigenvalue weighted by molar-refractivity contribution is 1.36. The van der Waals surface area contributed by atoms with Gasteiger partial charge in [-0.25, -0.2) is 9.97 Å². The first-order chi connectivity index (χ1) is 15.9. The van der Waals surface area contributed by atoms with Crippen LogP contribution >= 0.6 is 0 Å². The van der Waals surface area contributed by atoms with Gasteiger partial charge in [-0.15, -0.1) is 0 Å². The summed E-state index contributed by atoms with van der Waals surface area (Å²) < 4.78 is 0. The molecule has 0 saturated carbocycles. The lowest BCUT2D eigenvalue weighted by atomic mass is 9.92. The second-order valence-electron chi connectivity index (χ2n) is 8.29. The van der Waals surface area contributed by atoms with Crippen molar-refractivity contribution in [3.05, 3.63) is 85.2 Å². The number of hydrogen-bond acceptors (Lipinski definition) is 4. The summed E-state index contributed by atoms with van der Waals surface area (Å²) in [6, 6.07) is 25.3. The van der Waals surface area contributed by atoms with E-state index in [4.69, 9.17) is 9.97 Å². The normalized spacial score (nSPS) is 12.4. The largest absolute Gasteiger partial charge is 0.254 e. The predicted molar refractivity (Wildman–Crippen MR) is 131 cm³/mol. The number of hydrogen-bond donors (Lipinski definition) is 0. The number of fused-ring (bicyclic) bond motifs is 9. The highest BCUT2D eigenvalue weighted by Crippen LogP contribution is 2.41. The SMILES string of the molecule is c1cnc2c(c1)c1nc3c4cccc5ccc6cccc(c3nc1c1cccnc12)c6c54. The van der Waals surface area contributed by atoms with Crippen LogP contribution in [0.25, 0.3) is 76.2 Å². The first-order valence-corrected chi connectivity index (χ1v) is 10.7. The standard InChI is InChI=1S/C28H14N4/c1-5-15-11-12-16-6-2-8-18-22(16)21(15)17(7-1)25-26(18)32-28-20-10-4-14-30-24(20)23-19(27(28)31-25)9-3-13-29-23/h1-14H. The Bertz CT molecular complexity index is 1890. The third kappa shape index (κ3) is 1.88. The van der Waals surface area contributed by atoms with Crippen molar-refractivity contribution in [2.45, 2.75) is 0 Å². The molecule has 8 rings (SSSR count). The molecule has 4 heteroatoms. The zero-order valence-corrected chi connectivity index (χ0v) is 16.9. The van der Waals surface area contributed by atoms with Crippen LogP contribution in [0.3, 0.4) is 0 Å². The Balaban J connectivity index is 1.76. The minimum Gasteiger partial charge on any atom is -0.254 e. The number of aromatic nitrogens is 4. The van der Waals surface area contributed by atoms with E-state index in [1.54, 1.807) is 0 Å². The van der Waals surface area contributed by atoms with Crippen molar-refractivity contribution < 1.29 is 0 Å². The van der Waals surface area contributed by atoms with Gasteiger partial charge in [0.2, 0.25) is 0 Å². The molecular weight excluding hydrogens is 392 g/mol. The molecule has 0 radical (unpaired) electrons. The van der Waals surface area contributed by atoms with Crippen molar-refractivity contribution in [3.8, 4) is 0 Å². The molecule has 3 aromatic heterocycles. The third-order valence-corrected chi connectivity index (χ3v) is 6.64. The summed E-state index contributed by atoms with van der Waals surface area (Å²) >= 11 is 0. The molecule has 5 aromatic carbocycles. The smallest absolute Gasteiger partial charge is 0.0996 e. The highest BCUT2D eigenvalue weighted by molar-refractivity contribution is 6.33. The maximum Gasteiger partial charge on any atom is 0.0996 e. The van der Waals surface area contributed by atoms with Crippen LogP contribution in [0.1, 0.15) is 0 Å². The molecule has 0 saturated heterocycles. The van der Waals surface area contributed by atoms with Crippen LogP contribution in [0.4, 0.5) is 0 Å². The summed E-state index contributed by atoms with van der Waals surface area (Å²) in [5.41, 5.74) is 5.33. The molecule has 0 amide bonds. The van der Waals surface area contributed by atoms with E-state index in [1.165, 1.54) is 21.5 Å². The molecule has 0 bridgehead atoms. The molecule has 0 aliphatic carbocycles. The third-order valence-electron chi connectivity index (χ3n) is 6.64. The molecule has 0 aliphatic rings. The Labute approximate surface area is 181 Å². The predicted octanol–water partition coefficient (Wildman–Crippen LogP) is 6.78. The highest BCUT2D eigenvalue weighted by Gasteiger charge is 2.18. The minimum absolute atomic E-state index is 0.862. The average molecular weight is 406 g/mol. The Morgan fingerprint density at radius 3 is 1.31 bits per heavy atom. The van der Waals surface area contributed by atoms with E-state index in [-0.39, 0.29) is 0 Å². The van der Waals surface area contributed by atoms with Crippen LogP contribution in [0.5, 0.6) is 0 Å². The molecule has 4 nitrogen and oxygen atoms in total. The first kappa shape index (κ1) is 16.3. The Hall–Kier alpha value is -4.44. The van der Waals surface area contributed by atoms with E-state index < -0.39 is 0 Å². The number of nitrogens with zero attached hydrogens (tertiary/aromatic N) is 4. The summed E-state index contributed by atoms with van der Waals surface area (Å²) in [7, 11) is 0. The maximum absolute atomic E-state index is 5.27. The summed E-state index contributed by atoms with van der Waals surface area (Å²) in [6.45, 7) is 0. The van der Waals surface area contributed by atoms with Gasteiger partial charge in [-0.2, -0.15) is 0 Å². The lowest BCUT2D eigenvalue weighted by Gasteiger charge is -2.15. The second-order valence-corrected chi connectivity index (χ2v) is 8.29. The van der Waals surface area contributed by atoms with Crippen molar-refractivity contribution >= 4 is 76.2 Å². The fraction of sp³-hybridized carbons (Fsp3) is 0. The van der Waals surface area contributed by atoms with E-state index in [0.717, 1.165) is 54.6 Å². The van der Waals surface area contributed by atoms with Gasteiger partial charge in [-0.05, 0) is 45.8 Å². The van der Waals surface area contributed by atoms with Crippen LogP contribution in [-0.2, 0) is 0 Å². The molecule has 0 spiro atoms. The van der Waals surface area contributed by atoms with E-state index in [1.807, 2.05) is 24.5 Å². The molecule has 8 aromatic rings. The Morgan fingerprint density at radius 2 is 0.812 bits per heavy atom. The van der Waals surface area contributed by atoms with Crippen molar-refractivity contribution in [1.82, 2.24) is 19.9 Å². The van der Waals surface area contributed by atoms with Crippen molar-refractivity contribution in [3.63, 3.8) is 0 Å². The quantitative estimate of drug-likeness (QED) is 0.206. The topological polar surface area (TPSA) is 51.6 Å². The van der Waals surface area contributed by atoms with Crippen molar-refractivity contribution in [2.24, 2.45) is 0 Å². The Morgan fingerprint density at radius 1 is 0.375 bits per heavy atom. The van der Waals surface area contributed by atoms with Crippen LogP contribution in [0, 0.1) is 0 Å². The Kier molecular flexibility index (Phi) is 2.86. The van der Waals surface area contributed by atoms with Gasteiger partial charge in [0.25, 0.3) is 0 Å². The van der Waals surface area contributed by atoms with E-state index in [2.05, 4.69) is 70.6 Å².